The Morgan fingerprint density at radius 1 is 1.35 bits per heavy atom. The number of hydrogen-bond acceptors (Lipinski definition) is 2. The molecule has 0 saturated carbocycles. The van der Waals surface area contributed by atoms with Gasteiger partial charge in [0, 0.05) is 23.9 Å². The average molecular weight is 418 g/mol. The highest BCUT2D eigenvalue weighted by Gasteiger charge is 2.42. The fourth-order valence-corrected chi connectivity index (χ4v) is 3.84. The van der Waals surface area contributed by atoms with E-state index >= 15 is 0 Å². The van der Waals surface area contributed by atoms with Crippen LogP contribution in [0.5, 0.6) is 0 Å². The molecule has 1 amide bonds. The summed E-state index contributed by atoms with van der Waals surface area (Å²) in [6.45, 7) is 6.34. The summed E-state index contributed by atoms with van der Waals surface area (Å²) in [6.07, 6.45) is 2.48. The molecule has 2 atom stereocenters. The van der Waals surface area contributed by atoms with Crippen molar-refractivity contribution < 1.29 is 13.9 Å². The van der Waals surface area contributed by atoms with Gasteiger partial charge in [-0.25, -0.2) is 9.18 Å². The van der Waals surface area contributed by atoms with E-state index in [9.17, 15) is 9.18 Å². The lowest BCUT2D eigenvalue weighted by Gasteiger charge is -2.43. The van der Waals surface area contributed by atoms with Gasteiger partial charge in [0.2, 0.25) is 0 Å². The summed E-state index contributed by atoms with van der Waals surface area (Å²) < 4.78 is 20.2. The van der Waals surface area contributed by atoms with Crippen molar-refractivity contribution in [2.24, 2.45) is 0 Å². The largest absolute Gasteiger partial charge is 0.437 e. The highest BCUT2D eigenvalue weighted by Crippen LogP contribution is 2.40. The third kappa shape index (κ3) is 3.68. The molecule has 1 aliphatic heterocycles. The summed E-state index contributed by atoms with van der Waals surface area (Å²) >= 11 is 3.47. The summed E-state index contributed by atoms with van der Waals surface area (Å²) in [4.78, 5) is 14.5. The normalized spacial score (nSPS) is 21.2. The van der Waals surface area contributed by atoms with E-state index in [1.54, 1.807) is 23.1 Å². The van der Waals surface area contributed by atoms with Crippen molar-refractivity contribution >= 4 is 22.0 Å². The molecule has 0 radical (unpaired) electrons. The molecule has 0 aromatic heterocycles. The Labute approximate surface area is 161 Å². The van der Waals surface area contributed by atoms with Crippen molar-refractivity contribution in [1.29, 1.82) is 0 Å². The Bertz CT molecular complexity index is 808. The van der Waals surface area contributed by atoms with Crippen LogP contribution in [0.25, 0.3) is 0 Å². The Morgan fingerprint density at radius 3 is 2.69 bits per heavy atom. The average Bonchev–Trinajstić information content (AvgIpc) is 2.62. The van der Waals surface area contributed by atoms with Gasteiger partial charge in [-0.3, -0.25) is 0 Å². The molecular formula is C21H21BrFNO2. The van der Waals surface area contributed by atoms with Crippen LogP contribution in [0.4, 0.5) is 9.18 Å². The molecule has 0 spiro atoms. The van der Waals surface area contributed by atoms with E-state index in [1.165, 1.54) is 12.1 Å². The molecule has 0 bridgehead atoms. The monoisotopic (exact) mass is 417 g/mol. The Balaban J connectivity index is 1.84. The van der Waals surface area contributed by atoms with Crippen LogP contribution in [0.15, 0.2) is 65.7 Å². The van der Waals surface area contributed by atoms with Gasteiger partial charge in [-0.1, -0.05) is 46.3 Å². The van der Waals surface area contributed by atoms with Gasteiger partial charge >= 0.3 is 6.09 Å². The number of ether oxygens (including phenoxy) is 1. The third-order valence-electron chi connectivity index (χ3n) is 4.92. The van der Waals surface area contributed by atoms with Gasteiger partial charge < -0.3 is 9.64 Å². The van der Waals surface area contributed by atoms with Gasteiger partial charge in [0.1, 0.15) is 11.4 Å². The van der Waals surface area contributed by atoms with Crippen LogP contribution in [-0.4, -0.2) is 17.5 Å². The van der Waals surface area contributed by atoms with Gasteiger partial charge in [0.05, 0.1) is 6.04 Å². The molecule has 0 N–H and O–H groups in total. The number of cyclic esters (lactones) is 1. The maximum atomic E-state index is 13.3. The molecule has 2 aromatic rings. The van der Waals surface area contributed by atoms with Crippen LogP contribution in [0.2, 0.25) is 0 Å². The van der Waals surface area contributed by atoms with E-state index in [2.05, 4.69) is 22.5 Å². The van der Waals surface area contributed by atoms with Crippen molar-refractivity contribution in [3.8, 4) is 0 Å². The van der Waals surface area contributed by atoms with Crippen LogP contribution in [-0.2, 0) is 10.3 Å². The molecule has 5 heteroatoms. The van der Waals surface area contributed by atoms with E-state index in [4.69, 9.17) is 4.74 Å². The lowest BCUT2D eigenvalue weighted by atomic mass is 9.85. The maximum Gasteiger partial charge on any atom is 0.411 e. The van der Waals surface area contributed by atoms with Crippen LogP contribution in [0, 0.1) is 5.82 Å². The number of benzene rings is 2. The number of amides is 1. The quantitative estimate of drug-likeness (QED) is 0.561. The highest BCUT2D eigenvalue weighted by atomic mass is 79.9. The molecule has 0 aliphatic carbocycles. The lowest BCUT2D eigenvalue weighted by molar-refractivity contribution is -0.0588. The fraction of sp³-hybridized carbons (Fsp3) is 0.286. The molecule has 1 saturated heterocycles. The second-order valence-corrected chi connectivity index (χ2v) is 7.45. The zero-order chi connectivity index (χ0) is 18.7. The Kier molecular flexibility index (Phi) is 5.47. The molecule has 1 heterocycles. The Morgan fingerprint density at radius 2 is 2.08 bits per heavy atom. The van der Waals surface area contributed by atoms with E-state index < -0.39 is 5.60 Å². The molecule has 136 valence electrons. The first-order chi connectivity index (χ1) is 12.4. The smallest absolute Gasteiger partial charge is 0.411 e. The highest BCUT2D eigenvalue weighted by molar-refractivity contribution is 9.10. The van der Waals surface area contributed by atoms with E-state index in [0.717, 1.165) is 15.6 Å². The van der Waals surface area contributed by atoms with Gasteiger partial charge in [-0.05, 0) is 42.3 Å². The second-order valence-electron chi connectivity index (χ2n) is 6.54. The first kappa shape index (κ1) is 18.6. The molecule has 3 nitrogen and oxygen atoms in total. The van der Waals surface area contributed by atoms with Crippen molar-refractivity contribution in [2.75, 3.05) is 6.54 Å². The number of carbonyl (C=O) groups is 1. The Hall–Kier alpha value is -2.14. The number of hydrogen-bond donors (Lipinski definition) is 0. The lowest BCUT2D eigenvalue weighted by Crippen LogP contribution is -2.48. The van der Waals surface area contributed by atoms with Gasteiger partial charge in [0.25, 0.3) is 0 Å². The topological polar surface area (TPSA) is 29.5 Å². The number of carbonyl (C=O) groups excluding carboxylic acids is 1. The van der Waals surface area contributed by atoms with Crippen molar-refractivity contribution in [3.05, 3.63) is 82.6 Å². The van der Waals surface area contributed by atoms with Crippen molar-refractivity contribution in [2.45, 2.75) is 31.4 Å². The summed E-state index contributed by atoms with van der Waals surface area (Å²) in [5.41, 5.74) is 1.04. The minimum atomic E-state index is -0.792. The SMILES string of the molecule is C=CC[C@]1(c2ccc(F)cc2)CCN([C@@H](C)c2cccc(Br)c2)C(=O)O1. The standard InChI is InChI=1S/C21H21BrFNO2/c1-3-11-21(17-7-9-19(23)10-8-17)12-13-24(20(25)26-21)15(2)16-5-4-6-18(22)14-16/h3-10,14-15H,1,11-13H2,2H3/t15-,21+/m0/s1. The van der Waals surface area contributed by atoms with Crippen molar-refractivity contribution in [1.82, 2.24) is 4.90 Å². The predicted octanol–water partition coefficient (Wildman–Crippen LogP) is 5.96. The molecule has 26 heavy (non-hydrogen) atoms. The summed E-state index contributed by atoms with van der Waals surface area (Å²) in [5, 5.41) is 0. The number of halogens is 2. The number of nitrogens with zero attached hydrogens (tertiary/aromatic N) is 1. The maximum absolute atomic E-state index is 13.3. The summed E-state index contributed by atoms with van der Waals surface area (Å²) in [5.74, 6) is -0.311. The first-order valence-corrected chi connectivity index (χ1v) is 9.36. The van der Waals surface area contributed by atoms with E-state index in [0.29, 0.717) is 19.4 Å². The molecule has 1 fully saturated rings. The molecule has 1 aliphatic rings. The van der Waals surface area contributed by atoms with Crippen LogP contribution >= 0.6 is 15.9 Å². The fourth-order valence-electron chi connectivity index (χ4n) is 3.42. The van der Waals surface area contributed by atoms with E-state index in [1.807, 2.05) is 31.2 Å². The third-order valence-corrected chi connectivity index (χ3v) is 5.41. The number of rotatable bonds is 5. The molecule has 2 aromatic carbocycles. The zero-order valence-electron chi connectivity index (χ0n) is 14.6. The summed E-state index contributed by atoms with van der Waals surface area (Å²) in [6, 6.07) is 13.9. The van der Waals surface area contributed by atoms with Crippen LogP contribution in [0.1, 0.15) is 36.9 Å². The second kappa shape index (κ2) is 7.62. The molecule has 0 unspecified atom stereocenters. The minimum Gasteiger partial charge on any atom is -0.437 e. The van der Waals surface area contributed by atoms with Crippen molar-refractivity contribution in [3.63, 3.8) is 0 Å². The van der Waals surface area contributed by atoms with Gasteiger partial charge in [0.15, 0.2) is 0 Å². The minimum absolute atomic E-state index is 0.102. The predicted molar refractivity (Wildman–Crippen MR) is 103 cm³/mol. The van der Waals surface area contributed by atoms with Crippen LogP contribution < -0.4 is 0 Å². The van der Waals surface area contributed by atoms with Gasteiger partial charge in [-0.15, -0.1) is 6.58 Å². The summed E-state index contributed by atoms with van der Waals surface area (Å²) in [7, 11) is 0. The van der Waals surface area contributed by atoms with E-state index in [-0.39, 0.29) is 18.0 Å². The molecule has 3 rings (SSSR count). The molecular weight excluding hydrogens is 397 g/mol. The zero-order valence-corrected chi connectivity index (χ0v) is 16.2. The van der Waals surface area contributed by atoms with Crippen LogP contribution in [0.3, 0.4) is 0 Å². The first-order valence-electron chi connectivity index (χ1n) is 8.57. The van der Waals surface area contributed by atoms with Gasteiger partial charge in [-0.2, -0.15) is 0 Å².